The van der Waals surface area contributed by atoms with Crippen molar-refractivity contribution < 1.29 is 0 Å². The second-order valence-corrected chi connectivity index (χ2v) is 5.00. The molecule has 0 aromatic heterocycles. The molecule has 76 valence electrons. The Bertz CT molecular complexity index is 290. The van der Waals surface area contributed by atoms with Crippen molar-refractivity contribution in [3.05, 3.63) is 34.3 Å². The van der Waals surface area contributed by atoms with Crippen molar-refractivity contribution >= 4 is 15.9 Å². The number of rotatable bonds is 4. The Hall–Kier alpha value is -0.340. The lowest BCUT2D eigenvalue weighted by molar-refractivity contribution is 0.328. The molecule has 1 aromatic carbocycles. The van der Waals surface area contributed by atoms with E-state index in [2.05, 4.69) is 52.1 Å². The van der Waals surface area contributed by atoms with Crippen LogP contribution in [0.2, 0.25) is 0 Å². The molecule has 0 bridgehead atoms. The van der Waals surface area contributed by atoms with Gasteiger partial charge in [0.05, 0.1) is 0 Å². The van der Waals surface area contributed by atoms with Gasteiger partial charge < -0.3 is 4.90 Å². The summed E-state index contributed by atoms with van der Waals surface area (Å²) in [5, 5.41) is 0. The molecule has 1 nitrogen and oxygen atoms in total. The minimum absolute atomic E-state index is 0.880. The number of benzene rings is 1. The van der Waals surface area contributed by atoms with Crippen LogP contribution in [-0.2, 0) is 6.42 Å². The first-order valence-electron chi connectivity index (χ1n) is 5.20. The van der Waals surface area contributed by atoms with Crippen LogP contribution in [0.1, 0.15) is 18.4 Å². The second-order valence-electron chi connectivity index (χ2n) is 4.09. The summed E-state index contributed by atoms with van der Waals surface area (Å²) >= 11 is 3.45. The van der Waals surface area contributed by atoms with E-state index in [1.807, 2.05) is 0 Å². The molecule has 0 aliphatic heterocycles. The molecule has 0 amide bonds. The van der Waals surface area contributed by atoms with Crippen LogP contribution in [0, 0.1) is 0 Å². The topological polar surface area (TPSA) is 3.24 Å². The van der Waals surface area contributed by atoms with Crippen LogP contribution < -0.4 is 0 Å². The highest BCUT2D eigenvalue weighted by Crippen LogP contribution is 2.25. The van der Waals surface area contributed by atoms with Crippen LogP contribution in [0.5, 0.6) is 0 Å². The molecule has 1 saturated carbocycles. The average Bonchev–Trinajstić information content (AvgIpc) is 3.00. The maximum absolute atomic E-state index is 3.45. The van der Waals surface area contributed by atoms with Crippen molar-refractivity contribution in [2.24, 2.45) is 0 Å². The van der Waals surface area contributed by atoms with E-state index in [9.17, 15) is 0 Å². The smallest absolute Gasteiger partial charge is 0.0175 e. The van der Waals surface area contributed by atoms with Gasteiger partial charge in [0.2, 0.25) is 0 Å². The zero-order valence-corrected chi connectivity index (χ0v) is 10.1. The van der Waals surface area contributed by atoms with Crippen LogP contribution in [0.15, 0.2) is 28.7 Å². The summed E-state index contributed by atoms with van der Waals surface area (Å²) in [4.78, 5) is 2.47. The molecule has 0 spiro atoms. The molecular formula is C12H16BrN. The summed E-state index contributed by atoms with van der Waals surface area (Å²) in [6.45, 7) is 1.19. The third-order valence-corrected chi connectivity index (χ3v) is 3.37. The number of likely N-dealkylation sites (N-methyl/N-ethyl adjacent to an activating group) is 1. The van der Waals surface area contributed by atoms with Crippen LogP contribution >= 0.6 is 15.9 Å². The summed E-state index contributed by atoms with van der Waals surface area (Å²) in [6, 6.07) is 9.51. The molecular weight excluding hydrogens is 238 g/mol. The van der Waals surface area contributed by atoms with Gasteiger partial charge in [-0.05, 0) is 44.0 Å². The summed E-state index contributed by atoms with van der Waals surface area (Å²) in [6.07, 6.45) is 3.97. The minimum Gasteiger partial charge on any atom is -0.303 e. The molecule has 2 rings (SSSR count). The van der Waals surface area contributed by atoms with Gasteiger partial charge in [0.25, 0.3) is 0 Å². The lowest BCUT2D eigenvalue weighted by atomic mass is 10.1. The first-order valence-corrected chi connectivity index (χ1v) is 6.00. The Labute approximate surface area is 94.2 Å². The molecule has 0 saturated heterocycles. The lowest BCUT2D eigenvalue weighted by Gasteiger charge is -2.15. The van der Waals surface area contributed by atoms with Gasteiger partial charge in [0.1, 0.15) is 0 Å². The number of hydrogen-bond donors (Lipinski definition) is 0. The van der Waals surface area contributed by atoms with Gasteiger partial charge in [-0.3, -0.25) is 0 Å². The SMILES string of the molecule is CN(CCc1ccc(Br)cc1)C1CC1. The van der Waals surface area contributed by atoms with Crippen molar-refractivity contribution in [2.75, 3.05) is 13.6 Å². The van der Waals surface area contributed by atoms with E-state index in [0.717, 1.165) is 10.5 Å². The van der Waals surface area contributed by atoms with Gasteiger partial charge in [0.15, 0.2) is 0 Å². The predicted octanol–water partition coefficient (Wildman–Crippen LogP) is 3.09. The summed E-state index contributed by atoms with van der Waals surface area (Å²) in [5.74, 6) is 0. The van der Waals surface area contributed by atoms with Crippen LogP contribution in [0.4, 0.5) is 0 Å². The fourth-order valence-corrected chi connectivity index (χ4v) is 1.92. The van der Waals surface area contributed by atoms with E-state index < -0.39 is 0 Å². The zero-order chi connectivity index (χ0) is 9.97. The largest absolute Gasteiger partial charge is 0.303 e. The van der Waals surface area contributed by atoms with Gasteiger partial charge in [-0.25, -0.2) is 0 Å². The van der Waals surface area contributed by atoms with Crippen molar-refractivity contribution in [2.45, 2.75) is 25.3 Å². The fourth-order valence-electron chi connectivity index (χ4n) is 1.65. The third-order valence-electron chi connectivity index (χ3n) is 2.84. The molecule has 0 N–H and O–H groups in total. The van der Waals surface area contributed by atoms with Crippen LogP contribution in [-0.4, -0.2) is 24.5 Å². The van der Waals surface area contributed by atoms with Crippen molar-refractivity contribution in [3.63, 3.8) is 0 Å². The lowest BCUT2D eigenvalue weighted by Crippen LogP contribution is -2.23. The molecule has 0 atom stereocenters. The van der Waals surface area contributed by atoms with Crippen molar-refractivity contribution in [1.29, 1.82) is 0 Å². The highest BCUT2D eigenvalue weighted by molar-refractivity contribution is 9.10. The molecule has 1 aliphatic rings. The molecule has 2 heteroatoms. The first kappa shape index (κ1) is 10.2. The Balaban J connectivity index is 1.82. The average molecular weight is 254 g/mol. The molecule has 0 unspecified atom stereocenters. The molecule has 1 aliphatic carbocycles. The Kier molecular flexibility index (Phi) is 3.24. The van der Waals surface area contributed by atoms with Crippen LogP contribution in [0.3, 0.4) is 0 Å². The Morgan fingerprint density at radius 2 is 1.93 bits per heavy atom. The van der Waals surface area contributed by atoms with Gasteiger partial charge in [-0.2, -0.15) is 0 Å². The van der Waals surface area contributed by atoms with Gasteiger partial charge in [-0.15, -0.1) is 0 Å². The Morgan fingerprint density at radius 1 is 1.29 bits per heavy atom. The highest BCUT2D eigenvalue weighted by Gasteiger charge is 2.25. The predicted molar refractivity (Wildman–Crippen MR) is 63.5 cm³/mol. The van der Waals surface area contributed by atoms with Gasteiger partial charge in [-0.1, -0.05) is 28.1 Å². The zero-order valence-electron chi connectivity index (χ0n) is 8.54. The maximum atomic E-state index is 3.45. The third kappa shape index (κ3) is 2.82. The fraction of sp³-hybridized carbons (Fsp3) is 0.500. The van der Waals surface area contributed by atoms with Gasteiger partial charge in [0, 0.05) is 17.1 Å². The number of hydrogen-bond acceptors (Lipinski definition) is 1. The van der Waals surface area contributed by atoms with Crippen molar-refractivity contribution in [3.8, 4) is 0 Å². The van der Waals surface area contributed by atoms with E-state index in [4.69, 9.17) is 0 Å². The Morgan fingerprint density at radius 3 is 2.50 bits per heavy atom. The summed E-state index contributed by atoms with van der Waals surface area (Å²) in [5.41, 5.74) is 1.43. The van der Waals surface area contributed by atoms with Crippen molar-refractivity contribution in [1.82, 2.24) is 4.90 Å². The molecule has 0 radical (unpaired) electrons. The number of nitrogens with zero attached hydrogens (tertiary/aromatic N) is 1. The minimum atomic E-state index is 0.880. The normalized spacial score (nSPS) is 16.2. The van der Waals surface area contributed by atoms with E-state index in [-0.39, 0.29) is 0 Å². The van der Waals surface area contributed by atoms with E-state index in [1.165, 1.54) is 31.4 Å². The monoisotopic (exact) mass is 253 g/mol. The van der Waals surface area contributed by atoms with E-state index >= 15 is 0 Å². The van der Waals surface area contributed by atoms with E-state index in [1.54, 1.807) is 0 Å². The van der Waals surface area contributed by atoms with Crippen LogP contribution in [0.25, 0.3) is 0 Å². The summed E-state index contributed by atoms with van der Waals surface area (Å²) in [7, 11) is 2.23. The van der Waals surface area contributed by atoms with E-state index in [0.29, 0.717) is 0 Å². The number of halogens is 1. The summed E-state index contributed by atoms with van der Waals surface area (Å²) < 4.78 is 1.16. The first-order chi connectivity index (χ1) is 6.75. The maximum Gasteiger partial charge on any atom is 0.0175 e. The molecule has 14 heavy (non-hydrogen) atoms. The molecule has 1 fully saturated rings. The molecule has 0 heterocycles. The van der Waals surface area contributed by atoms with Gasteiger partial charge >= 0.3 is 0 Å². The highest BCUT2D eigenvalue weighted by atomic mass is 79.9. The molecule has 1 aromatic rings. The second kappa shape index (κ2) is 4.45. The standard InChI is InChI=1S/C12H16BrN/c1-14(12-6-7-12)9-8-10-2-4-11(13)5-3-10/h2-5,12H,6-9H2,1H3. The quantitative estimate of drug-likeness (QED) is 0.798.